The average molecular weight is 273 g/mol. The molecule has 1 atom stereocenters. The number of nitrogens with two attached hydrogens (primary N) is 1. The van der Waals surface area contributed by atoms with Crippen LogP contribution in [0.1, 0.15) is 77.6 Å². The van der Waals surface area contributed by atoms with Crippen molar-refractivity contribution in [2.75, 3.05) is 19.8 Å². The molecular weight excluding hydrogens is 238 g/mol. The Kier molecular flexibility index (Phi) is 15.8. The van der Waals surface area contributed by atoms with Gasteiger partial charge in [0.05, 0.1) is 6.61 Å². The number of ether oxygens (including phenoxy) is 1. The number of aliphatic hydroxyl groups excluding tert-OH is 1. The van der Waals surface area contributed by atoms with E-state index in [1.165, 1.54) is 57.8 Å². The van der Waals surface area contributed by atoms with Gasteiger partial charge in [-0.3, -0.25) is 0 Å². The molecule has 0 saturated carbocycles. The summed E-state index contributed by atoms with van der Waals surface area (Å²) in [5.41, 5.74) is 5.77. The molecule has 0 aromatic rings. The molecule has 0 bridgehead atoms. The van der Waals surface area contributed by atoms with Crippen LogP contribution < -0.4 is 5.73 Å². The van der Waals surface area contributed by atoms with Crippen LogP contribution in [0.2, 0.25) is 0 Å². The van der Waals surface area contributed by atoms with Crippen molar-refractivity contribution in [1.82, 2.24) is 0 Å². The van der Waals surface area contributed by atoms with Crippen molar-refractivity contribution >= 4 is 0 Å². The van der Waals surface area contributed by atoms with E-state index in [4.69, 9.17) is 15.6 Å². The first kappa shape index (κ1) is 18.9. The molecule has 0 saturated heterocycles. The Morgan fingerprint density at radius 2 is 1.32 bits per heavy atom. The molecule has 0 radical (unpaired) electrons. The molecule has 0 aliphatic carbocycles. The van der Waals surface area contributed by atoms with Crippen molar-refractivity contribution < 1.29 is 9.84 Å². The Morgan fingerprint density at radius 3 is 1.79 bits per heavy atom. The van der Waals surface area contributed by atoms with Crippen LogP contribution in [-0.4, -0.2) is 31.0 Å². The van der Waals surface area contributed by atoms with Crippen LogP contribution in [-0.2, 0) is 4.74 Å². The van der Waals surface area contributed by atoms with Gasteiger partial charge in [-0.25, -0.2) is 0 Å². The molecule has 3 nitrogen and oxygen atoms in total. The van der Waals surface area contributed by atoms with Crippen LogP contribution in [0.4, 0.5) is 0 Å². The number of aliphatic hydroxyl groups is 1. The van der Waals surface area contributed by atoms with E-state index in [9.17, 15) is 0 Å². The quantitative estimate of drug-likeness (QED) is 0.448. The van der Waals surface area contributed by atoms with Crippen LogP contribution in [0.3, 0.4) is 0 Å². The summed E-state index contributed by atoms with van der Waals surface area (Å²) in [6.07, 6.45) is 13.6. The van der Waals surface area contributed by atoms with Crippen molar-refractivity contribution in [1.29, 1.82) is 0 Å². The lowest BCUT2D eigenvalue weighted by Crippen LogP contribution is -2.25. The molecule has 116 valence electrons. The van der Waals surface area contributed by atoms with Gasteiger partial charge in [0, 0.05) is 19.3 Å². The smallest absolute Gasteiger partial charge is 0.0617 e. The van der Waals surface area contributed by atoms with Gasteiger partial charge in [-0.05, 0) is 19.3 Å². The molecule has 0 aromatic carbocycles. The fraction of sp³-hybridized carbons (Fsp3) is 1.00. The van der Waals surface area contributed by atoms with Gasteiger partial charge in [-0.2, -0.15) is 0 Å². The molecule has 0 aromatic heterocycles. The zero-order valence-electron chi connectivity index (χ0n) is 12.9. The van der Waals surface area contributed by atoms with Crippen LogP contribution in [0.15, 0.2) is 0 Å². The summed E-state index contributed by atoms with van der Waals surface area (Å²) in [4.78, 5) is 0. The first-order chi connectivity index (χ1) is 9.31. The molecule has 0 aliphatic rings. The lowest BCUT2D eigenvalue weighted by atomic mass is 10.1. The monoisotopic (exact) mass is 273 g/mol. The summed E-state index contributed by atoms with van der Waals surface area (Å²) >= 11 is 0. The predicted octanol–water partition coefficient (Wildman–Crippen LogP) is 3.63. The summed E-state index contributed by atoms with van der Waals surface area (Å²) in [6, 6.07) is 0.214. The van der Waals surface area contributed by atoms with E-state index in [1.807, 2.05) is 0 Å². The highest BCUT2D eigenvalue weighted by Crippen LogP contribution is 2.10. The van der Waals surface area contributed by atoms with Crippen molar-refractivity contribution in [2.24, 2.45) is 5.73 Å². The number of rotatable bonds is 15. The average Bonchev–Trinajstić information content (AvgIpc) is 2.43. The van der Waals surface area contributed by atoms with E-state index in [-0.39, 0.29) is 6.04 Å². The summed E-state index contributed by atoms with van der Waals surface area (Å²) in [7, 11) is 0. The van der Waals surface area contributed by atoms with Crippen LogP contribution in [0, 0.1) is 0 Å². The van der Waals surface area contributed by atoms with Crippen molar-refractivity contribution in [3.63, 3.8) is 0 Å². The molecule has 0 rings (SSSR count). The summed E-state index contributed by atoms with van der Waals surface area (Å²) in [6.45, 7) is 4.03. The lowest BCUT2D eigenvalue weighted by molar-refractivity contribution is 0.116. The van der Waals surface area contributed by atoms with Gasteiger partial charge < -0.3 is 15.6 Å². The fourth-order valence-corrected chi connectivity index (χ4v) is 2.08. The van der Waals surface area contributed by atoms with Crippen molar-refractivity contribution in [3.8, 4) is 0 Å². The first-order valence-corrected chi connectivity index (χ1v) is 8.25. The lowest BCUT2D eigenvalue weighted by Gasteiger charge is -2.09. The Morgan fingerprint density at radius 1 is 0.842 bits per heavy atom. The minimum atomic E-state index is 0.214. The van der Waals surface area contributed by atoms with Gasteiger partial charge in [0.1, 0.15) is 0 Å². The zero-order valence-corrected chi connectivity index (χ0v) is 12.9. The maximum atomic E-state index is 8.65. The summed E-state index contributed by atoms with van der Waals surface area (Å²) in [5.74, 6) is 0. The standard InChI is InChI=1S/C16H35NO2/c1-2-16(17)15-19-14-12-10-8-6-4-3-5-7-9-11-13-18/h16,18H,2-15,17H2,1H3. The minimum absolute atomic E-state index is 0.214. The second kappa shape index (κ2) is 15.9. The molecule has 0 heterocycles. The molecule has 19 heavy (non-hydrogen) atoms. The van der Waals surface area contributed by atoms with Gasteiger partial charge >= 0.3 is 0 Å². The van der Waals surface area contributed by atoms with E-state index in [0.29, 0.717) is 13.2 Å². The second-order valence-electron chi connectivity index (χ2n) is 5.50. The minimum Gasteiger partial charge on any atom is -0.396 e. The number of unbranched alkanes of at least 4 members (excludes halogenated alkanes) is 9. The summed E-state index contributed by atoms with van der Waals surface area (Å²) in [5, 5.41) is 8.65. The Hall–Kier alpha value is -0.120. The molecule has 1 unspecified atom stereocenters. The molecular formula is C16H35NO2. The highest BCUT2D eigenvalue weighted by Gasteiger charge is 1.98. The maximum absolute atomic E-state index is 8.65. The third kappa shape index (κ3) is 15.8. The Balaban J connectivity index is 2.95. The third-order valence-corrected chi connectivity index (χ3v) is 3.55. The number of hydrogen-bond acceptors (Lipinski definition) is 3. The number of hydrogen-bond donors (Lipinski definition) is 2. The zero-order chi connectivity index (χ0) is 14.2. The molecule has 3 N–H and O–H groups in total. The van der Waals surface area contributed by atoms with Crippen molar-refractivity contribution in [2.45, 2.75) is 83.6 Å². The Labute approximate surface area is 119 Å². The molecule has 0 amide bonds. The van der Waals surface area contributed by atoms with Gasteiger partial charge in [-0.15, -0.1) is 0 Å². The third-order valence-electron chi connectivity index (χ3n) is 3.55. The largest absolute Gasteiger partial charge is 0.396 e. The van der Waals surface area contributed by atoms with Crippen molar-refractivity contribution in [3.05, 3.63) is 0 Å². The highest BCUT2D eigenvalue weighted by atomic mass is 16.5. The Bertz CT molecular complexity index is 165. The predicted molar refractivity (Wildman–Crippen MR) is 82.3 cm³/mol. The van der Waals surface area contributed by atoms with E-state index in [2.05, 4.69) is 6.92 Å². The topological polar surface area (TPSA) is 55.5 Å². The van der Waals surface area contributed by atoms with E-state index < -0.39 is 0 Å². The fourth-order valence-electron chi connectivity index (χ4n) is 2.08. The van der Waals surface area contributed by atoms with Crippen LogP contribution in [0.25, 0.3) is 0 Å². The van der Waals surface area contributed by atoms with Crippen LogP contribution >= 0.6 is 0 Å². The maximum Gasteiger partial charge on any atom is 0.0617 e. The van der Waals surface area contributed by atoms with E-state index in [0.717, 1.165) is 19.4 Å². The molecule has 3 heteroatoms. The second-order valence-corrected chi connectivity index (χ2v) is 5.50. The van der Waals surface area contributed by atoms with E-state index in [1.54, 1.807) is 0 Å². The summed E-state index contributed by atoms with van der Waals surface area (Å²) < 4.78 is 5.52. The SMILES string of the molecule is CCC(N)COCCCCCCCCCCCCO. The van der Waals surface area contributed by atoms with Crippen LogP contribution in [0.5, 0.6) is 0 Å². The molecule has 0 spiro atoms. The highest BCUT2D eigenvalue weighted by molar-refractivity contribution is 4.55. The molecule has 0 aliphatic heterocycles. The normalized spacial score (nSPS) is 12.8. The molecule has 0 fully saturated rings. The van der Waals surface area contributed by atoms with Gasteiger partial charge in [-0.1, -0.05) is 58.3 Å². The van der Waals surface area contributed by atoms with E-state index >= 15 is 0 Å². The first-order valence-electron chi connectivity index (χ1n) is 8.25. The van der Waals surface area contributed by atoms with Gasteiger partial charge in [0.15, 0.2) is 0 Å². The van der Waals surface area contributed by atoms with Gasteiger partial charge in [0.2, 0.25) is 0 Å². The van der Waals surface area contributed by atoms with Gasteiger partial charge in [0.25, 0.3) is 0 Å².